The van der Waals surface area contributed by atoms with Crippen LogP contribution in [0.15, 0.2) is 22.7 Å². The molecule has 0 aliphatic carbocycles. The molecule has 0 spiro atoms. The zero-order chi connectivity index (χ0) is 13.1. The zero-order valence-corrected chi connectivity index (χ0v) is 12.8. The van der Waals surface area contributed by atoms with Crippen LogP contribution < -0.4 is 10.1 Å². The fourth-order valence-corrected chi connectivity index (χ4v) is 3.22. The minimum atomic E-state index is 0.565. The molecule has 0 bridgehead atoms. The Kier molecular flexibility index (Phi) is 4.65. The molecule has 1 N–H and O–H groups in total. The summed E-state index contributed by atoms with van der Waals surface area (Å²) in [6.07, 6.45) is 0. The van der Waals surface area contributed by atoms with Gasteiger partial charge in [-0.2, -0.15) is 0 Å². The van der Waals surface area contributed by atoms with Crippen molar-refractivity contribution in [3.63, 3.8) is 0 Å². The number of methoxy groups -OCH3 is 1. The van der Waals surface area contributed by atoms with Crippen LogP contribution >= 0.6 is 15.9 Å². The Bertz CT molecular complexity index is 401. The minimum absolute atomic E-state index is 0.565. The van der Waals surface area contributed by atoms with Crippen molar-refractivity contribution < 1.29 is 4.74 Å². The number of halogens is 1. The highest BCUT2D eigenvalue weighted by molar-refractivity contribution is 9.10. The molecule has 0 amide bonds. The summed E-state index contributed by atoms with van der Waals surface area (Å²) in [4.78, 5) is 2.50. The van der Waals surface area contributed by atoms with Crippen molar-refractivity contribution in [3.8, 4) is 5.75 Å². The van der Waals surface area contributed by atoms with E-state index in [9.17, 15) is 0 Å². The zero-order valence-electron chi connectivity index (χ0n) is 11.2. The number of hydrogen-bond acceptors (Lipinski definition) is 3. The molecule has 1 saturated heterocycles. The number of ether oxygens (including phenoxy) is 1. The highest BCUT2D eigenvalue weighted by atomic mass is 79.9. The van der Waals surface area contributed by atoms with E-state index in [1.807, 2.05) is 6.07 Å². The van der Waals surface area contributed by atoms with Gasteiger partial charge in [-0.05, 0) is 47.5 Å². The standard InChI is InChI=1S/C14H21BrN2O/c1-10-7-17(8-11(2)16-10)9-12-4-5-14(18-3)13(15)6-12/h4-6,10-11,16H,7-9H2,1-3H3. The minimum Gasteiger partial charge on any atom is -0.496 e. The third-order valence-electron chi connectivity index (χ3n) is 3.26. The molecule has 1 aromatic rings. The first-order chi connectivity index (χ1) is 8.58. The van der Waals surface area contributed by atoms with E-state index in [0.29, 0.717) is 12.1 Å². The molecular formula is C14H21BrN2O. The van der Waals surface area contributed by atoms with E-state index >= 15 is 0 Å². The van der Waals surface area contributed by atoms with Gasteiger partial charge in [-0.3, -0.25) is 4.90 Å². The first-order valence-corrected chi connectivity index (χ1v) is 7.18. The van der Waals surface area contributed by atoms with E-state index in [1.165, 1.54) is 5.56 Å². The summed E-state index contributed by atoms with van der Waals surface area (Å²) >= 11 is 3.54. The summed E-state index contributed by atoms with van der Waals surface area (Å²) < 4.78 is 6.28. The van der Waals surface area contributed by atoms with E-state index in [4.69, 9.17) is 4.74 Å². The number of benzene rings is 1. The van der Waals surface area contributed by atoms with Gasteiger partial charge in [-0.25, -0.2) is 0 Å². The van der Waals surface area contributed by atoms with Crippen molar-refractivity contribution in [1.82, 2.24) is 10.2 Å². The van der Waals surface area contributed by atoms with Crippen LogP contribution in [0.2, 0.25) is 0 Å². The number of rotatable bonds is 3. The van der Waals surface area contributed by atoms with Crippen molar-refractivity contribution in [1.29, 1.82) is 0 Å². The van der Waals surface area contributed by atoms with Gasteiger partial charge in [-0.15, -0.1) is 0 Å². The fourth-order valence-electron chi connectivity index (χ4n) is 2.64. The number of hydrogen-bond donors (Lipinski definition) is 1. The van der Waals surface area contributed by atoms with E-state index in [2.05, 4.69) is 52.1 Å². The van der Waals surface area contributed by atoms with E-state index < -0.39 is 0 Å². The molecule has 1 fully saturated rings. The summed E-state index contributed by atoms with van der Waals surface area (Å²) in [5.41, 5.74) is 1.32. The molecule has 18 heavy (non-hydrogen) atoms. The lowest BCUT2D eigenvalue weighted by molar-refractivity contribution is 0.166. The summed E-state index contributed by atoms with van der Waals surface area (Å²) in [6.45, 7) is 7.69. The predicted octanol–water partition coefficient (Wildman–Crippen LogP) is 2.64. The Hall–Kier alpha value is -0.580. The molecule has 1 heterocycles. The summed E-state index contributed by atoms with van der Waals surface area (Å²) in [7, 11) is 1.69. The van der Waals surface area contributed by atoms with Crippen LogP contribution in [0.1, 0.15) is 19.4 Å². The molecule has 0 saturated carbocycles. The van der Waals surface area contributed by atoms with Gasteiger partial charge in [-0.1, -0.05) is 6.07 Å². The summed E-state index contributed by atoms with van der Waals surface area (Å²) in [6, 6.07) is 7.44. The van der Waals surface area contributed by atoms with E-state index in [1.54, 1.807) is 7.11 Å². The monoisotopic (exact) mass is 312 g/mol. The first kappa shape index (κ1) is 13.8. The second-order valence-corrected chi connectivity index (χ2v) is 5.99. The third-order valence-corrected chi connectivity index (χ3v) is 3.88. The van der Waals surface area contributed by atoms with Crippen molar-refractivity contribution in [2.45, 2.75) is 32.5 Å². The Morgan fingerprint density at radius 2 is 2.00 bits per heavy atom. The number of nitrogens with zero attached hydrogens (tertiary/aromatic N) is 1. The largest absolute Gasteiger partial charge is 0.496 e. The quantitative estimate of drug-likeness (QED) is 0.928. The second kappa shape index (κ2) is 6.04. The predicted molar refractivity (Wildman–Crippen MR) is 78.0 cm³/mol. The van der Waals surface area contributed by atoms with Crippen LogP contribution in [0.5, 0.6) is 5.75 Å². The maximum absolute atomic E-state index is 5.25. The van der Waals surface area contributed by atoms with Crippen LogP contribution in [0.25, 0.3) is 0 Å². The lowest BCUT2D eigenvalue weighted by Crippen LogP contribution is -2.53. The van der Waals surface area contributed by atoms with Crippen LogP contribution in [0.3, 0.4) is 0 Å². The molecule has 3 nitrogen and oxygen atoms in total. The fraction of sp³-hybridized carbons (Fsp3) is 0.571. The topological polar surface area (TPSA) is 24.5 Å². The highest BCUT2D eigenvalue weighted by Crippen LogP contribution is 2.26. The summed E-state index contributed by atoms with van der Waals surface area (Å²) in [5, 5.41) is 3.55. The van der Waals surface area contributed by atoms with Crippen LogP contribution in [-0.2, 0) is 6.54 Å². The van der Waals surface area contributed by atoms with E-state index in [-0.39, 0.29) is 0 Å². The van der Waals surface area contributed by atoms with Crippen LogP contribution in [-0.4, -0.2) is 37.2 Å². The second-order valence-electron chi connectivity index (χ2n) is 5.13. The van der Waals surface area contributed by atoms with Gasteiger partial charge in [0.1, 0.15) is 5.75 Å². The lowest BCUT2D eigenvalue weighted by Gasteiger charge is -2.36. The Morgan fingerprint density at radius 1 is 1.33 bits per heavy atom. The normalized spacial score (nSPS) is 25.1. The molecule has 2 unspecified atom stereocenters. The van der Waals surface area contributed by atoms with Gasteiger partial charge in [0.05, 0.1) is 11.6 Å². The molecule has 2 atom stereocenters. The highest BCUT2D eigenvalue weighted by Gasteiger charge is 2.20. The van der Waals surface area contributed by atoms with Gasteiger partial charge in [0.2, 0.25) is 0 Å². The maximum atomic E-state index is 5.25. The molecule has 1 aliphatic heterocycles. The van der Waals surface area contributed by atoms with Gasteiger partial charge in [0.25, 0.3) is 0 Å². The average molecular weight is 313 g/mol. The molecule has 0 aromatic heterocycles. The van der Waals surface area contributed by atoms with Gasteiger partial charge >= 0.3 is 0 Å². The molecule has 0 radical (unpaired) electrons. The molecule has 2 rings (SSSR count). The van der Waals surface area contributed by atoms with Gasteiger partial charge in [0.15, 0.2) is 0 Å². The van der Waals surface area contributed by atoms with Crippen molar-refractivity contribution in [2.24, 2.45) is 0 Å². The smallest absolute Gasteiger partial charge is 0.133 e. The Balaban J connectivity index is 2.02. The average Bonchev–Trinajstić information content (AvgIpc) is 2.27. The number of nitrogens with one attached hydrogen (secondary N) is 1. The van der Waals surface area contributed by atoms with Crippen LogP contribution in [0.4, 0.5) is 0 Å². The van der Waals surface area contributed by atoms with E-state index in [0.717, 1.165) is 29.9 Å². The van der Waals surface area contributed by atoms with Crippen molar-refractivity contribution in [3.05, 3.63) is 28.2 Å². The molecular weight excluding hydrogens is 292 g/mol. The van der Waals surface area contributed by atoms with Gasteiger partial charge < -0.3 is 10.1 Å². The van der Waals surface area contributed by atoms with Crippen molar-refractivity contribution >= 4 is 15.9 Å². The number of piperazine rings is 1. The van der Waals surface area contributed by atoms with Crippen molar-refractivity contribution in [2.75, 3.05) is 20.2 Å². The Labute approximate surface area is 118 Å². The lowest BCUT2D eigenvalue weighted by atomic mass is 10.1. The van der Waals surface area contributed by atoms with Gasteiger partial charge in [0, 0.05) is 31.7 Å². The maximum Gasteiger partial charge on any atom is 0.133 e. The molecule has 100 valence electrons. The third kappa shape index (κ3) is 3.46. The molecule has 1 aliphatic rings. The SMILES string of the molecule is COc1ccc(CN2CC(C)NC(C)C2)cc1Br. The molecule has 1 aromatic carbocycles. The summed E-state index contributed by atoms with van der Waals surface area (Å²) in [5.74, 6) is 0.890. The molecule has 4 heteroatoms. The van der Waals surface area contributed by atoms with Crippen LogP contribution in [0, 0.1) is 0 Å². The first-order valence-electron chi connectivity index (χ1n) is 6.39. The Morgan fingerprint density at radius 3 is 2.56 bits per heavy atom.